The van der Waals surface area contributed by atoms with E-state index in [9.17, 15) is 8.42 Å². The van der Waals surface area contributed by atoms with Gasteiger partial charge >= 0.3 is 0 Å². The maximum absolute atomic E-state index is 12.5. The highest BCUT2D eigenvalue weighted by atomic mass is 32.2. The lowest BCUT2D eigenvalue weighted by atomic mass is 10.0. The first-order valence-corrected chi connectivity index (χ1v) is 16.4. The predicted molar refractivity (Wildman–Crippen MR) is 141 cm³/mol. The molecule has 2 aromatic carbocycles. The molecule has 0 saturated carbocycles. The summed E-state index contributed by atoms with van der Waals surface area (Å²) in [5, 5.41) is 0.0964. The molecule has 2 atom stereocenters. The smallest absolute Gasteiger partial charge is 0.296 e. The summed E-state index contributed by atoms with van der Waals surface area (Å²) in [7, 11) is -5.72. The van der Waals surface area contributed by atoms with Crippen molar-refractivity contribution in [3.8, 4) is 0 Å². The van der Waals surface area contributed by atoms with Crippen LogP contribution in [0.3, 0.4) is 0 Å². The van der Waals surface area contributed by atoms with Crippen molar-refractivity contribution in [2.75, 3.05) is 13.2 Å². The molecule has 0 amide bonds. The SMILES string of the molecule is Cc1ccc(S(=O)(=O)OCC[C@@H](C)C[C@H](COCc2ccccc2)O[Si](C)(C)C(C)(C)C)cc1. The van der Waals surface area contributed by atoms with Crippen LogP contribution in [-0.2, 0) is 30.1 Å². The molecule has 0 heterocycles. The zero-order valence-electron chi connectivity index (χ0n) is 21.8. The number of hydrogen-bond donors (Lipinski definition) is 0. The molecule has 0 aromatic heterocycles. The normalized spacial score (nSPS) is 14.7. The summed E-state index contributed by atoms with van der Waals surface area (Å²) in [6.45, 7) is 16.4. The van der Waals surface area contributed by atoms with Gasteiger partial charge in [-0.1, -0.05) is 75.7 Å². The zero-order chi connectivity index (χ0) is 25.4. The Kier molecular flexibility index (Phi) is 10.5. The third-order valence-electron chi connectivity index (χ3n) is 6.51. The first kappa shape index (κ1) is 28.7. The van der Waals surface area contributed by atoms with Crippen LogP contribution in [0.1, 0.15) is 51.7 Å². The molecule has 0 unspecified atom stereocenters. The second kappa shape index (κ2) is 12.4. The lowest BCUT2D eigenvalue weighted by Crippen LogP contribution is -2.45. The van der Waals surface area contributed by atoms with Crippen LogP contribution in [0.15, 0.2) is 59.5 Å². The third-order valence-corrected chi connectivity index (χ3v) is 12.4. The molecule has 0 spiro atoms. The van der Waals surface area contributed by atoms with E-state index in [2.05, 4.69) is 52.9 Å². The van der Waals surface area contributed by atoms with Crippen LogP contribution < -0.4 is 0 Å². The van der Waals surface area contributed by atoms with Crippen LogP contribution in [0.4, 0.5) is 0 Å². The van der Waals surface area contributed by atoms with Crippen LogP contribution in [0.2, 0.25) is 18.1 Å². The van der Waals surface area contributed by atoms with Gasteiger partial charge in [0.1, 0.15) is 0 Å². The van der Waals surface area contributed by atoms with Gasteiger partial charge in [-0.15, -0.1) is 0 Å². The van der Waals surface area contributed by atoms with Gasteiger partial charge in [-0.25, -0.2) is 0 Å². The molecule has 0 aliphatic heterocycles. The monoisotopic (exact) mass is 506 g/mol. The van der Waals surface area contributed by atoms with Gasteiger partial charge in [-0.2, -0.15) is 8.42 Å². The van der Waals surface area contributed by atoms with Crippen molar-refractivity contribution >= 4 is 18.4 Å². The Morgan fingerprint density at radius 3 is 2.18 bits per heavy atom. The predicted octanol–water partition coefficient (Wildman–Crippen LogP) is 6.72. The first-order chi connectivity index (χ1) is 15.8. The van der Waals surface area contributed by atoms with Crippen LogP contribution >= 0.6 is 0 Å². The Morgan fingerprint density at radius 1 is 0.971 bits per heavy atom. The average molecular weight is 507 g/mol. The van der Waals surface area contributed by atoms with E-state index in [4.69, 9.17) is 13.3 Å². The molecule has 0 aliphatic rings. The fourth-order valence-corrected chi connectivity index (χ4v) is 5.60. The van der Waals surface area contributed by atoms with E-state index in [0.29, 0.717) is 19.6 Å². The maximum atomic E-state index is 12.5. The summed E-state index contributed by atoms with van der Waals surface area (Å²) in [5.41, 5.74) is 2.14. The second-order valence-corrected chi connectivity index (χ2v) is 17.1. The van der Waals surface area contributed by atoms with E-state index >= 15 is 0 Å². The van der Waals surface area contributed by atoms with E-state index in [1.54, 1.807) is 24.3 Å². The van der Waals surface area contributed by atoms with Crippen molar-refractivity contribution in [2.45, 2.75) is 83.2 Å². The minimum absolute atomic E-state index is 0.0479. The summed E-state index contributed by atoms with van der Waals surface area (Å²) in [5.74, 6) is 0.225. The number of hydrogen-bond acceptors (Lipinski definition) is 5. The lowest BCUT2D eigenvalue weighted by molar-refractivity contribution is 0.0226. The van der Waals surface area contributed by atoms with Gasteiger partial charge in [0, 0.05) is 0 Å². The molecule has 5 nitrogen and oxygen atoms in total. The molecule has 2 rings (SSSR count). The van der Waals surface area contributed by atoms with Crippen LogP contribution in [-0.4, -0.2) is 36.1 Å². The standard InChI is InChI=1S/C27H42O5SSi/c1-22-13-15-26(16-14-22)33(28,29)31-18-17-23(2)19-25(32-34(6,7)27(3,4)5)21-30-20-24-11-9-8-10-12-24/h8-16,23,25H,17-21H2,1-7H3/t23-,25-/m1/s1. The number of aryl methyl sites for hydroxylation is 1. The van der Waals surface area contributed by atoms with E-state index in [0.717, 1.165) is 17.5 Å². The molecule has 0 N–H and O–H groups in total. The second-order valence-electron chi connectivity index (χ2n) is 10.7. The molecular formula is C27H42O5SSi. The minimum atomic E-state index is -3.74. The van der Waals surface area contributed by atoms with Gasteiger partial charge in [0.05, 0.1) is 30.8 Å². The highest BCUT2D eigenvalue weighted by Crippen LogP contribution is 2.38. The summed E-state index contributed by atoms with van der Waals surface area (Å²) in [6, 6.07) is 16.8. The fourth-order valence-electron chi connectivity index (χ4n) is 3.32. The Labute approximate surface area is 208 Å². The molecule has 34 heavy (non-hydrogen) atoms. The topological polar surface area (TPSA) is 61.8 Å². The third kappa shape index (κ3) is 9.27. The van der Waals surface area contributed by atoms with E-state index < -0.39 is 18.4 Å². The molecule has 190 valence electrons. The Balaban J connectivity index is 1.93. The van der Waals surface area contributed by atoms with Gasteiger partial charge in [-0.05, 0) is 61.5 Å². The Hall–Kier alpha value is -1.51. The summed E-state index contributed by atoms with van der Waals surface area (Å²) >= 11 is 0. The summed E-state index contributed by atoms with van der Waals surface area (Å²) in [4.78, 5) is 0.194. The van der Waals surface area contributed by atoms with Crippen molar-refractivity contribution in [1.29, 1.82) is 0 Å². The molecule has 7 heteroatoms. The molecule has 0 radical (unpaired) electrons. The van der Waals surface area contributed by atoms with Crippen LogP contribution in [0.25, 0.3) is 0 Å². The summed E-state index contributed by atoms with van der Waals surface area (Å²) in [6.07, 6.45) is 1.37. The minimum Gasteiger partial charge on any atom is -0.412 e. The number of ether oxygens (including phenoxy) is 1. The maximum Gasteiger partial charge on any atom is 0.296 e. The van der Waals surface area contributed by atoms with Crippen LogP contribution in [0, 0.1) is 12.8 Å². The molecule has 0 fully saturated rings. The van der Waals surface area contributed by atoms with E-state index in [1.807, 2.05) is 25.1 Å². The van der Waals surface area contributed by atoms with Gasteiger partial charge in [0.15, 0.2) is 8.32 Å². The van der Waals surface area contributed by atoms with E-state index in [-0.39, 0.29) is 28.6 Å². The Morgan fingerprint density at radius 2 is 1.59 bits per heavy atom. The molecule has 2 aromatic rings. The molecule has 0 aliphatic carbocycles. The highest BCUT2D eigenvalue weighted by Gasteiger charge is 2.39. The summed E-state index contributed by atoms with van der Waals surface area (Å²) < 4.78 is 43.0. The van der Waals surface area contributed by atoms with Crippen molar-refractivity contribution in [3.63, 3.8) is 0 Å². The largest absolute Gasteiger partial charge is 0.412 e. The number of rotatable bonds is 13. The van der Waals surface area contributed by atoms with Gasteiger partial charge in [0.25, 0.3) is 10.1 Å². The van der Waals surface area contributed by atoms with Gasteiger partial charge in [0.2, 0.25) is 0 Å². The highest BCUT2D eigenvalue weighted by molar-refractivity contribution is 7.86. The van der Waals surface area contributed by atoms with Crippen LogP contribution in [0.5, 0.6) is 0 Å². The zero-order valence-corrected chi connectivity index (χ0v) is 23.7. The number of benzene rings is 2. The van der Waals surface area contributed by atoms with Gasteiger partial charge in [-0.3, -0.25) is 4.18 Å². The average Bonchev–Trinajstić information content (AvgIpc) is 2.73. The quantitative estimate of drug-likeness (QED) is 0.223. The molecular weight excluding hydrogens is 464 g/mol. The fraction of sp³-hybridized carbons (Fsp3) is 0.556. The van der Waals surface area contributed by atoms with Crippen molar-refractivity contribution in [1.82, 2.24) is 0 Å². The Bertz CT molecular complexity index is 966. The molecule has 0 saturated heterocycles. The van der Waals surface area contributed by atoms with Crippen molar-refractivity contribution in [3.05, 3.63) is 65.7 Å². The molecule has 0 bridgehead atoms. The lowest BCUT2D eigenvalue weighted by Gasteiger charge is -2.39. The van der Waals surface area contributed by atoms with Gasteiger partial charge < -0.3 is 9.16 Å². The first-order valence-electron chi connectivity index (χ1n) is 12.1. The van der Waals surface area contributed by atoms with Crippen molar-refractivity contribution in [2.24, 2.45) is 5.92 Å². The van der Waals surface area contributed by atoms with E-state index in [1.165, 1.54) is 0 Å². The van der Waals surface area contributed by atoms with Crippen molar-refractivity contribution < 1.29 is 21.8 Å².